The third-order valence-corrected chi connectivity index (χ3v) is 2.66. The first-order chi connectivity index (χ1) is 8.29. The lowest BCUT2D eigenvalue weighted by molar-refractivity contribution is 0.451. The summed E-state index contributed by atoms with van der Waals surface area (Å²) >= 11 is 0. The molecular weight excluding hydrogens is 215 g/mol. The number of unbranched alkanes of at least 4 members (excludes halogenated alkanes) is 1. The first kappa shape index (κ1) is 13.8. The van der Waals surface area contributed by atoms with Crippen LogP contribution in [0.5, 0.6) is 0 Å². The van der Waals surface area contributed by atoms with Crippen LogP contribution in [0.4, 0.5) is 4.39 Å². The quantitative estimate of drug-likeness (QED) is 0.551. The van der Waals surface area contributed by atoms with Crippen molar-refractivity contribution in [3.05, 3.63) is 42.5 Å². The summed E-state index contributed by atoms with van der Waals surface area (Å²) in [6, 6.07) is 3.10. The zero-order valence-corrected chi connectivity index (χ0v) is 10.5. The van der Waals surface area contributed by atoms with Crippen molar-refractivity contribution in [1.29, 1.82) is 0 Å². The van der Waals surface area contributed by atoms with Gasteiger partial charge in [0.25, 0.3) is 0 Å². The highest BCUT2D eigenvalue weighted by molar-refractivity contribution is 5.11. The van der Waals surface area contributed by atoms with Gasteiger partial charge in [0.15, 0.2) is 0 Å². The van der Waals surface area contributed by atoms with E-state index < -0.39 is 0 Å². The van der Waals surface area contributed by atoms with Crippen molar-refractivity contribution in [2.24, 2.45) is 0 Å². The van der Waals surface area contributed by atoms with Crippen molar-refractivity contribution in [1.82, 2.24) is 10.3 Å². The van der Waals surface area contributed by atoms with Gasteiger partial charge in [0.1, 0.15) is 5.82 Å². The van der Waals surface area contributed by atoms with Gasteiger partial charge in [-0.25, -0.2) is 4.39 Å². The predicted molar refractivity (Wildman–Crippen MR) is 69.3 cm³/mol. The van der Waals surface area contributed by atoms with Crippen LogP contribution in [-0.2, 0) is 0 Å². The highest BCUT2D eigenvalue weighted by Gasteiger charge is 2.15. The maximum absolute atomic E-state index is 13.7. The summed E-state index contributed by atoms with van der Waals surface area (Å²) in [6.07, 6.45) is 7.42. The zero-order chi connectivity index (χ0) is 12.5. The van der Waals surface area contributed by atoms with E-state index in [2.05, 4.69) is 23.8 Å². The Morgan fingerprint density at radius 1 is 1.59 bits per heavy atom. The molecule has 1 aromatic heterocycles. The predicted octanol–water partition coefficient (Wildman–Crippen LogP) is 3.62. The van der Waals surface area contributed by atoms with E-state index in [1.807, 2.05) is 6.08 Å². The van der Waals surface area contributed by atoms with E-state index in [9.17, 15) is 4.39 Å². The number of hydrogen-bond acceptors (Lipinski definition) is 2. The summed E-state index contributed by atoms with van der Waals surface area (Å²) in [7, 11) is 0. The standard InChI is InChI=1S/C14H21FN2/c1-3-5-6-9-13(16-10-4-2)14-12(15)8-7-11-17-14/h3,7-8,11,13,16H,1,4-6,9-10H2,2H3. The molecule has 3 heteroatoms. The highest BCUT2D eigenvalue weighted by atomic mass is 19.1. The molecule has 0 saturated heterocycles. The minimum Gasteiger partial charge on any atom is -0.309 e. The molecule has 0 saturated carbocycles. The Bertz CT molecular complexity index is 339. The van der Waals surface area contributed by atoms with Crippen molar-refractivity contribution in [3.63, 3.8) is 0 Å². The van der Waals surface area contributed by atoms with Gasteiger partial charge in [-0.15, -0.1) is 6.58 Å². The van der Waals surface area contributed by atoms with Crippen molar-refractivity contribution in [3.8, 4) is 0 Å². The van der Waals surface area contributed by atoms with E-state index in [-0.39, 0.29) is 11.9 Å². The third kappa shape index (κ3) is 4.65. The molecule has 1 rings (SSSR count). The first-order valence-corrected chi connectivity index (χ1v) is 6.24. The number of nitrogens with one attached hydrogen (secondary N) is 1. The molecule has 1 unspecified atom stereocenters. The van der Waals surface area contributed by atoms with Gasteiger partial charge in [-0.1, -0.05) is 13.0 Å². The Kier molecular flexibility index (Phi) is 6.48. The van der Waals surface area contributed by atoms with E-state index in [4.69, 9.17) is 0 Å². The molecule has 1 aromatic rings. The van der Waals surface area contributed by atoms with Crippen molar-refractivity contribution >= 4 is 0 Å². The second-order valence-corrected chi connectivity index (χ2v) is 4.10. The Labute approximate surface area is 103 Å². The molecule has 0 spiro atoms. The molecule has 0 radical (unpaired) electrons. The van der Waals surface area contributed by atoms with Crippen LogP contribution in [0, 0.1) is 5.82 Å². The van der Waals surface area contributed by atoms with Gasteiger partial charge in [-0.3, -0.25) is 4.98 Å². The van der Waals surface area contributed by atoms with Crippen LogP contribution in [0.15, 0.2) is 31.0 Å². The van der Waals surface area contributed by atoms with Gasteiger partial charge in [0.05, 0.1) is 11.7 Å². The SMILES string of the molecule is C=CCCCC(NCCC)c1ncccc1F. The summed E-state index contributed by atoms with van der Waals surface area (Å²) in [4.78, 5) is 4.15. The molecule has 2 nitrogen and oxygen atoms in total. The normalized spacial score (nSPS) is 12.4. The number of halogens is 1. The Morgan fingerprint density at radius 2 is 2.41 bits per heavy atom. The van der Waals surface area contributed by atoms with Gasteiger partial charge in [-0.05, 0) is 44.4 Å². The highest BCUT2D eigenvalue weighted by Crippen LogP contribution is 2.20. The van der Waals surface area contributed by atoms with Gasteiger partial charge >= 0.3 is 0 Å². The van der Waals surface area contributed by atoms with Crippen LogP contribution in [0.1, 0.15) is 44.3 Å². The summed E-state index contributed by atoms with van der Waals surface area (Å²) in [5.41, 5.74) is 0.532. The molecule has 0 aromatic carbocycles. The summed E-state index contributed by atoms with van der Waals surface area (Å²) in [5, 5.41) is 3.35. The molecule has 1 atom stereocenters. The Hall–Kier alpha value is -1.22. The molecule has 0 aliphatic heterocycles. The molecule has 1 N–H and O–H groups in total. The molecular formula is C14H21FN2. The lowest BCUT2D eigenvalue weighted by Crippen LogP contribution is -2.24. The molecule has 1 heterocycles. The summed E-state index contributed by atoms with van der Waals surface area (Å²) < 4.78 is 13.7. The van der Waals surface area contributed by atoms with Gasteiger partial charge in [0, 0.05) is 6.20 Å². The fraction of sp³-hybridized carbons (Fsp3) is 0.500. The first-order valence-electron chi connectivity index (χ1n) is 6.24. The van der Waals surface area contributed by atoms with Gasteiger partial charge in [0.2, 0.25) is 0 Å². The maximum atomic E-state index is 13.7. The number of aromatic nitrogens is 1. The van der Waals surface area contributed by atoms with E-state index in [0.29, 0.717) is 5.69 Å². The van der Waals surface area contributed by atoms with Crippen LogP contribution >= 0.6 is 0 Å². The molecule has 0 fully saturated rings. The lowest BCUT2D eigenvalue weighted by Gasteiger charge is -2.18. The number of hydrogen-bond donors (Lipinski definition) is 1. The Balaban J connectivity index is 2.67. The third-order valence-electron chi connectivity index (χ3n) is 2.66. The minimum atomic E-state index is -0.222. The number of allylic oxidation sites excluding steroid dienone is 1. The largest absolute Gasteiger partial charge is 0.309 e. The summed E-state index contributed by atoms with van der Waals surface area (Å²) in [6.45, 7) is 6.68. The van der Waals surface area contributed by atoms with Crippen molar-refractivity contribution in [2.45, 2.75) is 38.6 Å². The average Bonchev–Trinajstić information content (AvgIpc) is 2.35. The van der Waals surface area contributed by atoms with Gasteiger partial charge in [-0.2, -0.15) is 0 Å². The fourth-order valence-electron chi connectivity index (χ4n) is 1.77. The van der Waals surface area contributed by atoms with Crippen LogP contribution < -0.4 is 5.32 Å². The second kappa shape index (κ2) is 7.96. The molecule has 94 valence electrons. The fourth-order valence-corrected chi connectivity index (χ4v) is 1.77. The van der Waals surface area contributed by atoms with Crippen LogP contribution in [0.25, 0.3) is 0 Å². The van der Waals surface area contributed by atoms with Crippen LogP contribution in [0.2, 0.25) is 0 Å². The monoisotopic (exact) mass is 236 g/mol. The number of nitrogens with zero attached hydrogens (tertiary/aromatic N) is 1. The maximum Gasteiger partial charge on any atom is 0.146 e. The number of rotatable bonds is 8. The minimum absolute atomic E-state index is 0.0103. The molecule has 17 heavy (non-hydrogen) atoms. The lowest BCUT2D eigenvalue weighted by atomic mass is 10.0. The second-order valence-electron chi connectivity index (χ2n) is 4.10. The van der Waals surface area contributed by atoms with Gasteiger partial charge < -0.3 is 5.32 Å². The number of pyridine rings is 1. The van der Waals surface area contributed by atoms with Crippen molar-refractivity contribution < 1.29 is 4.39 Å². The van der Waals surface area contributed by atoms with E-state index in [1.165, 1.54) is 6.07 Å². The zero-order valence-electron chi connectivity index (χ0n) is 10.5. The summed E-state index contributed by atoms with van der Waals surface area (Å²) in [5.74, 6) is -0.222. The van der Waals surface area contributed by atoms with Crippen molar-refractivity contribution in [2.75, 3.05) is 6.54 Å². The molecule has 0 bridgehead atoms. The van der Waals surface area contributed by atoms with E-state index in [1.54, 1.807) is 12.3 Å². The smallest absolute Gasteiger partial charge is 0.146 e. The van der Waals surface area contributed by atoms with Crippen LogP contribution in [-0.4, -0.2) is 11.5 Å². The molecule has 0 aliphatic carbocycles. The van der Waals surface area contributed by atoms with Crippen LogP contribution in [0.3, 0.4) is 0 Å². The Morgan fingerprint density at radius 3 is 3.06 bits per heavy atom. The average molecular weight is 236 g/mol. The van der Waals surface area contributed by atoms with E-state index >= 15 is 0 Å². The molecule has 0 aliphatic rings. The molecule has 0 amide bonds. The topological polar surface area (TPSA) is 24.9 Å². The van der Waals surface area contributed by atoms with E-state index in [0.717, 1.165) is 32.2 Å².